The van der Waals surface area contributed by atoms with Gasteiger partial charge in [0.25, 0.3) is 0 Å². The largest absolute Gasteiger partial charge is 0.369 e. The molecule has 2 aliphatic rings. The van der Waals surface area contributed by atoms with Crippen LogP contribution in [0.4, 0.5) is 0 Å². The van der Waals surface area contributed by atoms with Gasteiger partial charge in [-0.15, -0.1) is 0 Å². The van der Waals surface area contributed by atoms with Crippen molar-refractivity contribution < 1.29 is 0 Å². The Morgan fingerprint density at radius 1 is 1.23 bits per heavy atom. The third-order valence-electron chi connectivity index (χ3n) is 4.37. The number of aliphatic imine (C=N–C) groups is 1. The van der Waals surface area contributed by atoms with E-state index in [2.05, 4.69) is 59.0 Å². The van der Waals surface area contributed by atoms with Crippen molar-refractivity contribution in [3.63, 3.8) is 0 Å². The number of unbranched alkanes of at least 4 members (excludes halogenated alkanes) is 1. The monoisotopic (exact) mass is 295 g/mol. The molecule has 2 unspecified atom stereocenters. The van der Waals surface area contributed by atoms with E-state index >= 15 is 0 Å². The lowest BCUT2D eigenvalue weighted by atomic mass is 9.93. The molecule has 1 aromatic rings. The van der Waals surface area contributed by atoms with Crippen LogP contribution in [0.1, 0.15) is 38.2 Å². The zero-order chi connectivity index (χ0) is 15.2. The first-order valence-electron chi connectivity index (χ1n) is 8.34. The van der Waals surface area contributed by atoms with Gasteiger partial charge in [0.15, 0.2) is 0 Å². The molecule has 3 nitrogen and oxygen atoms in total. The molecule has 3 rings (SSSR count). The van der Waals surface area contributed by atoms with Crippen LogP contribution >= 0.6 is 0 Å². The van der Waals surface area contributed by atoms with Gasteiger partial charge in [-0.1, -0.05) is 50.1 Å². The van der Waals surface area contributed by atoms with Crippen molar-refractivity contribution in [3.05, 3.63) is 59.4 Å². The first-order valence-corrected chi connectivity index (χ1v) is 8.34. The molecule has 0 radical (unpaired) electrons. The molecular formula is C19H25N3. The highest BCUT2D eigenvalue weighted by atomic mass is 15.2. The number of rotatable bonds is 5. The van der Waals surface area contributed by atoms with Crippen molar-refractivity contribution in [2.75, 3.05) is 0 Å². The summed E-state index contributed by atoms with van der Waals surface area (Å²) in [5, 5.41) is 7.45. The van der Waals surface area contributed by atoms with Crippen LogP contribution < -0.4 is 10.6 Å². The fourth-order valence-corrected chi connectivity index (χ4v) is 3.22. The Morgan fingerprint density at radius 2 is 2.09 bits per heavy atom. The molecule has 0 aromatic heterocycles. The van der Waals surface area contributed by atoms with Gasteiger partial charge in [-0.3, -0.25) is 10.3 Å². The molecule has 0 bridgehead atoms. The first kappa shape index (κ1) is 15.0. The van der Waals surface area contributed by atoms with Crippen LogP contribution in [0, 0.1) is 0 Å². The summed E-state index contributed by atoms with van der Waals surface area (Å²) in [6, 6.07) is 11.1. The summed E-state index contributed by atoms with van der Waals surface area (Å²) in [5.41, 5.74) is 4.08. The van der Waals surface area contributed by atoms with Crippen molar-refractivity contribution in [2.45, 2.75) is 51.2 Å². The van der Waals surface area contributed by atoms with E-state index in [0.717, 1.165) is 12.8 Å². The van der Waals surface area contributed by atoms with Crippen LogP contribution in [0.15, 0.2) is 58.9 Å². The Hall–Kier alpha value is -1.87. The third-order valence-corrected chi connectivity index (χ3v) is 4.37. The molecule has 2 aliphatic heterocycles. The van der Waals surface area contributed by atoms with E-state index < -0.39 is 0 Å². The minimum Gasteiger partial charge on any atom is -0.369 e. The quantitative estimate of drug-likeness (QED) is 0.871. The smallest absolute Gasteiger partial charge is 0.0813 e. The lowest BCUT2D eigenvalue weighted by Gasteiger charge is -2.36. The average molecular weight is 295 g/mol. The average Bonchev–Trinajstić information content (AvgIpc) is 2.79. The lowest BCUT2D eigenvalue weighted by Crippen LogP contribution is -2.53. The van der Waals surface area contributed by atoms with Crippen LogP contribution in [0.2, 0.25) is 0 Å². The highest BCUT2D eigenvalue weighted by Gasteiger charge is 2.26. The number of nitrogens with one attached hydrogen (secondary N) is 2. The second-order valence-corrected chi connectivity index (χ2v) is 6.04. The van der Waals surface area contributed by atoms with Crippen LogP contribution in [0.3, 0.4) is 0 Å². The van der Waals surface area contributed by atoms with E-state index in [0.29, 0.717) is 6.04 Å². The van der Waals surface area contributed by atoms with E-state index in [9.17, 15) is 0 Å². The van der Waals surface area contributed by atoms with E-state index in [1.165, 1.54) is 36.1 Å². The summed E-state index contributed by atoms with van der Waals surface area (Å²) in [4.78, 5) is 4.30. The maximum absolute atomic E-state index is 4.30. The summed E-state index contributed by atoms with van der Waals surface area (Å²) in [7, 11) is 0. The van der Waals surface area contributed by atoms with Crippen molar-refractivity contribution in [3.8, 4) is 0 Å². The molecule has 1 aromatic carbocycles. The first-order chi connectivity index (χ1) is 10.9. The number of allylic oxidation sites excluding steroid dienone is 1. The standard InChI is InChI=1S/C19H25N3/c1-2-3-9-17-16-10-12-20-13-11-18(16)22-19(21-17)14-15-7-5-4-6-8-15/h4-8,11-13,17,19,21-22H,2-3,9-10,14H2,1H3. The van der Waals surface area contributed by atoms with Gasteiger partial charge in [0, 0.05) is 37.0 Å². The van der Waals surface area contributed by atoms with Gasteiger partial charge in [-0.25, -0.2) is 0 Å². The molecule has 0 aliphatic carbocycles. The molecule has 0 spiro atoms. The van der Waals surface area contributed by atoms with Crippen LogP contribution in [-0.4, -0.2) is 18.4 Å². The SMILES string of the molecule is CCCCC1NC(Cc2ccccc2)NC2=C1CC=NC=C2. The number of benzene rings is 1. The molecule has 2 atom stereocenters. The predicted molar refractivity (Wildman–Crippen MR) is 92.8 cm³/mol. The molecule has 0 saturated heterocycles. The van der Waals surface area contributed by atoms with Gasteiger partial charge < -0.3 is 5.32 Å². The number of hydrogen-bond donors (Lipinski definition) is 2. The number of hydrogen-bond acceptors (Lipinski definition) is 3. The Morgan fingerprint density at radius 3 is 2.91 bits per heavy atom. The minimum absolute atomic E-state index is 0.283. The molecule has 0 amide bonds. The Labute approximate surface area is 133 Å². The predicted octanol–water partition coefficient (Wildman–Crippen LogP) is 3.55. The van der Waals surface area contributed by atoms with Gasteiger partial charge in [0.05, 0.1) is 6.17 Å². The second kappa shape index (κ2) is 7.41. The molecule has 0 fully saturated rings. The highest BCUT2D eigenvalue weighted by molar-refractivity contribution is 5.65. The van der Waals surface area contributed by atoms with Crippen molar-refractivity contribution >= 4 is 6.21 Å². The van der Waals surface area contributed by atoms with Gasteiger partial charge in [-0.2, -0.15) is 0 Å². The Balaban J connectivity index is 1.77. The molecular weight excluding hydrogens is 270 g/mol. The van der Waals surface area contributed by atoms with Crippen LogP contribution in [0.5, 0.6) is 0 Å². The fraction of sp³-hybridized carbons (Fsp3) is 0.421. The summed E-state index contributed by atoms with van der Waals surface area (Å²) in [6.45, 7) is 2.26. The second-order valence-electron chi connectivity index (χ2n) is 6.04. The Kier molecular flexibility index (Phi) is 5.07. The maximum Gasteiger partial charge on any atom is 0.0813 e. The zero-order valence-electron chi connectivity index (χ0n) is 13.3. The van der Waals surface area contributed by atoms with Gasteiger partial charge in [-0.05, 0) is 23.6 Å². The number of nitrogens with zero attached hydrogens (tertiary/aromatic N) is 1. The van der Waals surface area contributed by atoms with E-state index in [-0.39, 0.29) is 6.17 Å². The topological polar surface area (TPSA) is 36.4 Å². The molecule has 0 saturated carbocycles. The van der Waals surface area contributed by atoms with Gasteiger partial charge >= 0.3 is 0 Å². The van der Waals surface area contributed by atoms with Crippen molar-refractivity contribution in [1.82, 2.24) is 10.6 Å². The summed E-state index contributed by atoms with van der Waals surface area (Å²) in [5.74, 6) is 0. The zero-order valence-corrected chi connectivity index (χ0v) is 13.3. The molecule has 22 heavy (non-hydrogen) atoms. The minimum atomic E-state index is 0.283. The molecule has 3 heteroatoms. The summed E-state index contributed by atoms with van der Waals surface area (Å²) < 4.78 is 0. The van der Waals surface area contributed by atoms with Crippen LogP contribution in [0.25, 0.3) is 0 Å². The normalized spacial score (nSPS) is 23.9. The van der Waals surface area contributed by atoms with Crippen LogP contribution in [-0.2, 0) is 6.42 Å². The molecule has 2 heterocycles. The molecule has 2 N–H and O–H groups in total. The van der Waals surface area contributed by atoms with E-state index in [4.69, 9.17) is 0 Å². The van der Waals surface area contributed by atoms with E-state index in [1.54, 1.807) is 0 Å². The maximum atomic E-state index is 4.30. The third kappa shape index (κ3) is 3.66. The van der Waals surface area contributed by atoms with E-state index in [1.807, 2.05) is 12.4 Å². The lowest BCUT2D eigenvalue weighted by molar-refractivity contribution is 0.367. The van der Waals surface area contributed by atoms with Crippen molar-refractivity contribution in [2.24, 2.45) is 4.99 Å². The Bertz CT molecular complexity index is 572. The summed E-state index contributed by atoms with van der Waals surface area (Å²) in [6.07, 6.45) is 11.9. The fourth-order valence-electron chi connectivity index (χ4n) is 3.22. The summed E-state index contributed by atoms with van der Waals surface area (Å²) >= 11 is 0. The highest BCUT2D eigenvalue weighted by Crippen LogP contribution is 2.23. The van der Waals surface area contributed by atoms with Gasteiger partial charge in [0.2, 0.25) is 0 Å². The molecule has 116 valence electrons. The van der Waals surface area contributed by atoms with Gasteiger partial charge in [0.1, 0.15) is 0 Å². The van der Waals surface area contributed by atoms with Crippen molar-refractivity contribution in [1.29, 1.82) is 0 Å².